The molecule has 4 rings (SSSR count). The fourth-order valence-corrected chi connectivity index (χ4v) is 5.55. The Hall–Kier alpha value is -2.98. The number of hydrogen-bond donors (Lipinski definition) is 2. The summed E-state index contributed by atoms with van der Waals surface area (Å²) in [6.07, 6.45) is 0. The van der Waals surface area contributed by atoms with Crippen LogP contribution in [0.2, 0.25) is 0 Å². The Morgan fingerprint density at radius 3 is 2.67 bits per heavy atom. The Bertz CT molecular complexity index is 1240. The van der Waals surface area contributed by atoms with E-state index in [0.717, 1.165) is 16.0 Å². The first kappa shape index (κ1) is 20.3. The van der Waals surface area contributed by atoms with Gasteiger partial charge in [0.25, 0.3) is 0 Å². The Morgan fingerprint density at radius 2 is 1.97 bits per heavy atom. The van der Waals surface area contributed by atoms with Crippen molar-refractivity contribution in [1.82, 2.24) is 15.1 Å². The lowest BCUT2D eigenvalue weighted by atomic mass is 10.1. The number of benzene rings is 1. The van der Waals surface area contributed by atoms with E-state index in [0.29, 0.717) is 16.9 Å². The lowest BCUT2D eigenvalue weighted by molar-refractivity contribution is -0.136. The number of amides is 2. The number of fused-ring (bicyclic) bond motifs is 1. The highest BCUT2D eigenvalue weighted by molar-refractivity contribution is 7.90. The summed E-state index contributed by atoms with van der Waals surface area (Å²) in [6.45, 7) is 4.12. The Kier molecular flexibility index (Phi) is 5.20. The molecule has 1 aliphatic rings. The lowest BCUT2D eigenvalue weighted by Crippen LogP contribution is -2.35. The van der Waals surface area contributed by atoms with Gasteiger partial charge in [-0.1, -0.05) is 23.8 Å². The van der Waals surface area contributed by atoms with E-state index in [9.17, 15) is 18.0 Å². The van der Waals surface area contributed by atoms with Crippen molar-refractivity contribution in [1.29, 1.82) is 0 Å². The minimum atomic E-state index is -3.32. The maximum Gasteiger partial charge on any atom is 0.314 e. The van der Waals surface area contributed by atoms with Crippen molar-refractivity contribution < 1.29 is 18.0 Å². The van der Waals surface area contributed by atoms with Gasteiger partial charge < -0.3 is 10.6 Å². The molecule has 0 fully saturated rings. The molecule has 2 N–H and O–H groups in total. The van der Waals surface area contributed by atoms with Crippen LogP contribution in [0.1, 0.15) is 27.3 Å². The molecule has 2 amide bonds. The van der Waals surface area contributed by atoms with Crippen molar-refractivity contribution in [2.24, 2.45) is 0 Å². The number of anilines is 1. The van der Waals surface area contributed by atoms with Crippen LogP contribution in [0, 0.1) is 13.8 Å². The maximum atomic E-state index is 12.5. The van der Waals surface area contributed by atoms with Crippen molar-refractivity contribution in [2.75, 3.05) is 5.32 Å². The maximum absolute atomic E-state index is 12.5. The molecule has 0 aliphatic carbocycles. The third-order valence-electron chi connectivity index (χ3n) is 4.81. The monoisotopic (exact) mass is 444 g/mol. The highest BCUT2D eigenvalue weighted by Gasteiger charge is 2.34. The second-order valence-corrected chi connectivity index (χ2v) is 10.3. The Labute approximate surface area is 177 Å². The highest BCUT2D eigenvalue weighted by atomic mass is 32.2. The van der Waals surface area contributed by atoms with E-state index in [1.807, 2.05) is 49.6 Å². The van der Waals surface area contributed by atoms with E-state index < -0.39 is 21.7 Å². The minimum absolute atomic E-state index is 0.187. The smallest absolute Gasteiger partial charge is 0.314 e. The van der Waals surface area contributed by atoms with Gasteiger partial charge in [0.2, 0.25) is 0 Å². The van der Waals surface area contributed by atoms with Crippen molar-refractivity contribution in [3.63, 3.8) is 0 Å². The molecule has 3 aromatic rings. The summed E-state index contributed by atoms with van der Waals surface area (Å²) in [5, 5.41) is 11.5. The number of carbonyl (C=O) groups is 2. The molecule has 0 radical (unpaired) electrons. The molecule has 0 spiro atoms. The minimum Gasteiger partial charge on any atom is -0.343 e. The standard InChI is InChI=1S/C20H20N4O4S2/c1-12-5-6-17(13(2)8-12)24-18(15-10-30(27,28)11-16(15)23-24)22-20(26)19(25)21-9-14-4-3-7-29-14/h3-8H,9-11H2,1-2H3,(H,21,25)(H,22,26). The molecule has 0 saturated heterocycles. The number of thiophene rings is 1. The third-order valence-corrected chi connectivity index (χ3v) is 7.13. The summed E-state index contributed by atoms with van der Waals surface area (Å²) in [5.41, 5.74) is 3.51. The topological polar surface area (TPSA) is 110 Å². The molecule has 2 aromatic heterocycles. The quantitative estimate of drug-likeness (QED) is 0.600. The van der Waals surface area contributed by atoms with Gasteiger partial charge in [-0.25, -0.2) is 13.1 Å². The molecule has 0 saturated carbocycles. The van der Waals surface area contributed by atoms with E-state index >= 15 is 0 Å². The van der Waals surface area contributed by atoms with Crippen molar-refractivity contribution >= 4 is 38.8 Å². The van der Waals surface area contributed by atoms with Crippen LogP contribution in [0.4, 0.5) is 5.82 Å². The van der Waals surface area contributed by atoms with Crippen LogP contribution < -0.4 is 10.6 Å². The Balaban J connectivity index is 1.64. The number of nitrogens with one attached hydrogen (secondary N) is 2. The number of aromatic nitrogens is 2. The van der Waals surface area contributed by atoms with Gasteiger partial charge in [0.05, 0.1) is 29.4 Å². The molecular weight excluding hydrogens is 424 g/mol. The second-order valence-electron chi connectivity index (χ2n) is 7.22. The largest absolute Gasteiger partial charge is 0.343 e. The molecule has 3 heterocycles. The van der Waals surface area contributed by atoms with Crippen molar-refractivity contribution in [2.45, 2.75) is 31.9 Å². The summed E-state index contributed by atoms with van der Waals surface area (Å²) in [7, 11) is -3.32. The fraction of sp³-hybridized carbons (Fsp3) is 0.250. The van der Waals surface area contributed by atoms with E-state index in [-0.39, 0.29) is 23.9 Å². The van der Waals surface area contributed by atoms with Crippen LogP contribution in [0.15, 0.2) is 35.7 Å². The van der Waals surface area contributed by atoms with Gasteiger partial charge in [0.15, 0.2) is 9.84 Å². The SMILES string of the molecule is Cc1ccc(-n2nc3c(c2NC(=O)C(=O)NCc2cccs2)CS(=O)(=O)C3)c(C)c1. The van der Waals surface area contributed by atoms with Gasteiger partial charge in [-0.15, -0.1) is 11.3 Å². The zero-order chi connectivity index (χ0) is 21.5. The molecule has 30 heavy (non-hydrogen) atoms. The molecule has 1 aromatic carbocycles. The average molecular weight is 445 g/mol. The van der Waals surface area contributed by atoms with Crippen LogP contribution in [0.3, 0.4) is 0 Å². The van der Waals surface area contributed by atoms with Crippen LogP contribution in [0.25, 0.3) is 5.69 Å². The van der Waals surface area contributed by atoms with Crippen LogP contribution >= 0.6 is 11.3 Å². The van der Waals surface area contributed by atoms with E-state index in [1.165, 1.54) is 16.0 Å². The molecule has 10 heteroatoms. The number of aryl methyl sites for hydroxylation is 2. The van der Waals surface area contributed by atoms with Gasteiger partial charge in [0, 0.05) is 10.4 Å². The Morgan fingerprint density at radius 1 is 1.17 bits per heavy atom. The summed E-state index contributed by atoms with van der Waals surface area (Å²) in [4.78, 5) is 25.7. The number of nitrogens with zero attached hydrogens (tertiary/aromatic N) is 2. The highest BCUT2D eigenvalue weighted by Crippen LogP contribution is 2.33. The summed E-state index contributed by atoms with van der Waals surface area (Å²) >= 11 is 1.47. The summed E-state index contributed by atoms with van der Waals surface area (Å²) in [5.74, 6) is -1.86. The van der Waals surface area contributed by atoms with Crippen molar-refractivity contribution in [3.05, 3.63) is 63.0 Å². The molecule has 0 unspecified atom stereocenters. The second kappa shape index (κ2) is 7.69. The first-order chi connectivity index (χ1) is 14.2. The predicted molar refractivity (Wildman–Crippen MR) is 114 cm³/mol. The van der Waals surface area contributed by atoms with Gasteiger partial charge in [-0.2, -0.15) is 5.10 Å². The number of sulfone groups is 1. The van der Waals surface area contributed by atoms with Crippen LogP contribution in [0.5, 0.6) is 0 Å². The van der Waals surface area contributed by atoms with E-state index in [2.05, 4.69) is 15.7 Å². The molecular formula is C20H20N4O4S2. The van der Waals surface area contributed by atoms with Crippen LogP contribution in [-0.4, -0.2) is 30.0 Å². The van der Waals surface area contributed by atoms with Crippen LogP contribution in [-0.2, 0) is 37.5 Å². The van der Waals surface area contributed by atoms with Crippen molar-refractivity contribution in [3.8, 4) is 5.69 Å². The normalized spacial score (nSPS) is 14.3. The first-order valence-corrected chi connectivity index (χ1v) is 11.9. The average Bonchev–Trinajstić information content (AvgIpc) is 3.36. The predicted octanol–water partition coefficient (Wildman–Crippen LogP) is 2.23. The van der Waals surface area contributed by atoms with Gasteiger partial charge in [-0.05, 0) is 36.9 Å². The molecule has 156 valence electrons. The lowest BCUT2D eigenvalue weighted by Gasteiger charge is -2.13. The fourth-order valence-electron chi connectivity index (χ4n) is 3.41. The zero-order valence-electron chi connectivity index (χ0n) is 16.4. The van der Waals surface area contributed by atoms with Gasteiger partial charge in [0.1, 0.15) is 5.82 Å². The zero-order valence-corrected chi connectivity index (χ0v) is 18.1. The van der Waals surface area contributed by atoms with E-state index in [1.54, 1.807) is 0 Å². The summed E-state index contributed by atoms with van der Waals surface area (Å²) in [6, 6.07) is 9.45. The number of carbonyl (C=O) groups excluding carboxylic acids is 2. The third kappa shape index (κ3) is 4.01. The molecule has 0 bridgehead atoms. The van der Waals surface area contributed by atoms with E-state index in [4.69, 9.17) is 0 Å². The number of hydrogen-bond acceptors (Lipinski definition) is 6. The molecule has 8 nitrogen and oxygen atoms in total. The number of rotatable bonds is 4. The molecule has 1 aliphatic heterocycles. The van der Waals surface area contributed by atoms with Gasteiger partial charge >= 0.3 is 11.8 Å². The van der Waals surface area contributed by atoms with Gasteiger partial charge in [-0.3, -0.25) is 9.59 Å². The molecule has 0 atom stereocenters. The first-order valence-electron chi connectivity index (χ1n) is 9.24. The summed E-state index contributed by atoms with van der Waals surface area (Å²) < 4.78 is 25.7.